The number of nitrogens with zero attached hydrogens (tertiary/aromatic N) is 1. The van der Waals surface area contributed by atoms with Gasteiger partial charge in [-0.25, -0.2) is 9.18 Å². The lowest BCUT2D eigenvalue weighted by Crippen LogP contribution is -2.35. The molecule has 0 spiro atoms. The van der Waals surface area contributed by atoms with E-state index in [1.54, 1.807) is 12.1 Å². The molecule has 0 aromatic heterocycles. The number of urea groups is 1. The first-order chi connectivity index (χ1) is 13.5. The van der Waals surface area contributed by atoms with Gasteiger partial charge in [-0.1, -0.05) is 12.5 Å². The highest BCUT2D eigenvalue weighted by atomic mass is 19.1. The van der Waals surface area contributed by atoms with Crippen molar-refractivity contribution in [2.45, 2.75) is 57.6 Å². The molecule has 3 rings (SSSR count). The normalized spacial score (nSPS) is 18.1. The van der Waals surface area contributed by atoms with Crippen LogP contribution in [0.3, 0.4) is 0 Å². The van der Waals surface area contributed by atoms with Crippen LogP contribution in [-0.2, 0) is 4.79 Å². The van der Waals surface area contributed by atoms with Crippen LogP contribution in [0.15, 0.2) is 18.2 Å². The molecule has 3 N–H and O–H groups in total. The van der Waals surface area contributed by atoms with E-state index < -0.39 is 0 Å². The van der Waals surface area contributed by atoms with Crippen LogP contribution in [0.1, 0.15) is 57.1 Å². The molecular weight excluding hydrogens is 363 g/mol. The molecule has 1 unspecified atom stereocenters. The van der Waals surface area contributed by atoms with Crippen LogP contribution in [-0.4, -0.2) is 42.6 Å². The van der Waals surface area contributed by atoms with Gasteiger partial charge in [0.1, 0.15) is 6.54 Å². The number of hydrogen-bond donors (Lipinski definition) is 3. The van der Waals surface area contributed by atoms with Gasteiger partial charge in [0, 0.05) is 19.1 Å². The Kier molecular flexibility index (Phi) is 7.22. The number of carbonyl (C=O) groups is 2. The Morgan fingerprint density at radius 3 is 2.79 bits per heavy atom. The summed E-state index contributed by atoms with van der Waals surface area (Å²) in [5.74, 6) is -0.212. The molecule has 1 aromatic rings. The van der Waals surface area contributed by atoms with E-state index in [2.05, 4.69) is 16.2 Å². The standard InChI is InChI=1S/C20H29FN4O3/c1-14(15-8-9-17(21)18(12-15)28-16-6-5-7-16)24-22-10-3-2-4-11-25-13-19(26)23-20(25)27/h8-9,12,14,16,22,24H,2-7,10-11,13H2,1H3,(H,23,26,27). The van der Waals surface area contributed by atoms with Gasteiger partial charge in [-0.2, -0.15) is 0 Å². The fraction of sp³-hybridized carbons (Fsp3) is 0.600. The van der Waals surface area contributed by atoms with Crippen molar-refractivity contribution >= 4 is 11.9 Å². The van der Waals surface area contributed by atoms with E-state index in [4.69, 9.17) is 4.74 Å². The highest BCUT2D eigenvalue weighted by Gasteiger charge is 2.25. The number of carbonyl (C=O) groups excluding carboxylic acids is 2. The van der Waals surface area contributed by atoms with Crippen LogP contribution in [0.5, 0.6) is 5.75 Å². The lowest BCUT2D eigenvalue weighted by Gasteiger charge is -2.27. The Balaban J connectivity index is 1.31. The van der Waals surface area contributed by atoms with Crippen molar-refractivity contribution in [3.63, 3.8) is 0 Å². The number of amides is 3. The van der Waals surface area contributed by atoms with Crippen LogP contribution < -0.4 is 20.9 Å². The van der Waals surface area contributed by atoms with Crippen LogP contribution in [0, 0.1) is 5.82 Å². The molecule has 1 atom stereocenters. The van der Waals surface area contributed by atoms with E-state index >= 15 is 0 Å². The van der Waals surface area contributed by atoms with Crippen molar-refractivity contribution in [3.05, 3.63) is 29.6 Å². The van der Waals surface area contributed by atoms with Crippen molar-refractivity contribution in [1.29, 1.82) is 0 Å². The van der Waals surface area contributed by atoms with Crippen molar-refractivity contribution in [1.82, 2.24) is 21.1 Å². The summed E-state index contributed by atoms with van der Waals surface area (Å²) in [5.41, 5.74) is 7.38. The van der Waals surface area contributed by atoms with Crippen molar-refractivity contribution in [2.24, 2.45) is 0 Å². The van der Waals surface area contributed by atoms with Crippen molar-refractivity contribution in [3.8, 4) is 5.75 Å². The molecule has 0 radical (unpaired) electrons. The zero-order valence-corrected chi connectivity index (χ0v) is 16.3. The molecule has 1 aliphatic carbocycles. The van der Waals surface area contributed by atoms with Gasteiger partial charge in [0.05, 0.1) is 6.10 Å². The summed E-state index contributed by atoms with van der Waals surface area (Å²) in [4.78, 5) is 24.1. The number of ether oxygens (including phenoxy) is 1. The van der Waals surface area contributed by atoms with E-state index in [0.29, 0.717) is 12.3 Å². The Morgan fingerprint density at radius 1 is 1.29 bits per heavy atom. The molecule has 1 heterocycles. The predicted octanol–water partition coefficient (Wildman–Crippen LogP) is 2.63. The van der Waals surface area contributed by atoms with Gasteiger partial charge in [-0.15, -0.1) is 0 Å². The van der Waals surface area contributed by atoms with Crippen LogP contribution in [0.25, 0.3) is 0 Å². The van der Waals surface area contributed by atoms with Crippen molar-refractivity contribution in [2.75, 3.05) is 19.6 Å². The molecule has 2 aliphatic rings. The van der Waals surface area contributed by atoms with Crippen molar-refractivity contribution < 1.29 is 18.7 Å². The third-order valence-electron chi connectivity index (χ3n) is 5.22. The van der Waals surface area contributed by atoms with E-state index in [1.807, 2.05) is 6.92 Å². The Morgan fingerprint density at radius 2 is 2.11 bits per heavy atom. The summed E-state index contributed by atoms with van der Waals surface area (Å²) in [7, 11) is 0. The highest BCUT2D eigenvalue weighted by molar-refractivity contribution is 6.01. The number of unbranched alkanes of at least 4 members (excludes halogenated alkanes) is 2. The van der Waals surface area contributed by atoms with E-state index in [-0.39, 0.29) is 36.4 Å². The van der Waals surface area contributed by atoms with Gasteiger partial charge in [-0.05, 0) is 56.7 Å². The minimum Gasteiger partial charge on any atom is -0.487 e. The maximum atomic E-state index is 13.9. The first-order valence-corrected chi connectivity index (χ1v) is 10.1. The number of imide groups is 1. The molecule has 1 aliphatic heterocycles. The Hall–Kier alpha value is -2.19. The fourth-order valence-electron chi connectivity index (χ4n) is 3.21. The first kappa shape index (κ1) is 20.5. The molecule has 154 valence electrons. The minimum absolute atomic E-state index is 0.0173. The molecule has 1 saturated heterocycles. The Bertz CT molecular complexity index is 696. The molecule has 7 nitrogen and oxygen atoms in total. The zero-order valence-electron chi connectivity index (χ0n) is 16.3. The molecule has 3 amide bonds. The Labute approximate surface area is 165 Å². The maximum Gasteiger partial charge on any atom is 0.324 e. The van der Waals surface area contributed by atoms with Gasteiger partial charge in [0.25, 0.3) is 0 Å². The second kappa shape index (κ2) is 9.84. The summed E-state index contributed by atoms with van der Waals surface area (Å²) in [5, 5.41) is 2.27. The molecule has 1 saturated carbocycles. The predicted molar refractivity (Wildman–Crippen MR) is 103 cm³/mol. The first-order valence-electron chi connectivity index (χ1n) is 10.1. The second-order valence-corrected chi connectivity index (χ2v) is 7.49. The number of hydrazine groups is 1. The minimum atomic E-state index is -0.316. The van der Waals surface area contributed by atoms with E-state index in [9.17, 15) is 14.0 Å². The third kappa shape index (κ3) is 5.65. The average Bonchev–Trinajstić information content (AvgIpc) is 2.95. The maximum absolute atomic E-state index is 13.9. The zero-order chi connectivity index (χ0) is 19.9. The summed E-state index contributed by atoms with van der Waals surface area (Å²) < 4.78 is 19.6. The van der Waals surface area contributed by atoms with Gasteiger partial charge >= 0.3 is 6.03 Å². The van der Waals surface area contributed by atoms with Gasteiger partial charge in [0.15, 0.2) is 11.6 Å². The summed E-state index contributed by atoms with van der Waals surface area (Å²) in [6.07, 6.45) is 6.06. The number of hydrogen-bond acceptors (Lipinski definition) is 5. The van der Waals surface area contributed by atoms with E-state index in [1.165, 1.54) is 11.0 Å². The number of benzene rings is 1. The number of nitrogens with one attached hydrogen (secondary N) is 3. The number of rotatable bonds is 11. The lowest BCUT2D eigenvalue weighted by atomic mass is 9.96. The van der Waals surface area contributed by atoms with Gasteiger partial charge in [0.2, 0.25) is 5.91 Å². The summed E-state index contributed by atoms with van der Waals surface area (Å²) in [6, 6.07) is 4.73. The smallest absolute Gasteiger partial charge is 0.324 e. The van der Waals surface area contributed by atoms with E-state index in [0.717, 1.165) is 50.6 Å². The number of halogens is 1. The molecule has 0 bridgehead atoms. The summed E-state index contributed by atoms with van der Waals surface area (Å²) >= 11 is 0. The van der Waals surface area contributed by atoms with Crippen LogP contribution >= 0.6 is 0 Å². The SMILES string of the molecule is CC(NNCCCCCN1CC(=O)NC1=O)c1ccc(F)c(OC2CCC2)c1. The molecule has 8 heteroatoms. The van der Waals surface area contributed by atoms with Crippen LogP contribution in [0.4, 0.5) is 9.18 Å². The molecule has 28 heavy (non-hydrogen) atoms. The average molecular weight is 392 g/mol. The highest BCUT2D eigenvalue weighted by Crippen LogP contribution is 2.29. The lowest BCUT2D eigenvalue weighted by molar-refractivity contribution is -0.118. The van der Waals surface area contributed by atoms with Gasteiger partial charge in [-0.3, -0.25) is 21.0 Å². The molecule has 2 fully saturated rings. The quantitative estimate of drug-likeness (QED) is 0.306. The largest absolute Gasteiger partial charge is 0.487 e. The molecular formula is C20H29FN4O3. The monoisotopic (exact) mass is 392 g/mol. The van der Waals surface area contributed by atoms with Gasteiger partial charge < -0.3 is 9.64 Å². The topological polar surface area (TPSA) is 82.7 Å². The van der Waals surface area contributed by atoms with Crippen LogP contribution in [0.2, 0.25) is 0 Å². The fourth-order valence-corrected chi connectivity index (χ4v) is 3.21. The molecule has 1 aromatic carbocycles. The second-order valence-electron chi connectivity index (χ2n) is 7.49. The summed E-state index contributed by atoms with van der Waals surface area (Å²) in [6.45, 7) is 3.56. The third-order valence-corrected chi connectivity index (χ3v) is 5.22.